The van der Waals surface area contributed by atoms with E-state index in [9.17, 15) is 0 Å². The number of hydrogen-bond acceptors (Lipinski definition) is 1. The van der Waals surface area contributed by atoms with Crippen LogP contribution in [0.25, 0.3) is 10.9 Å². The molecule has 0 N–H and O–H groups in total. The van der Waals surface area contributed by atoms with Gasteiger partial charge in [0.25, 0.3) is 0 Å². The number of nitrogens with zero attached hydrogens (tertiary/aromatic N) is 1. The van der Waals surface area contributed by atoms with E-state index in [-0.39, 0.29) is 0 Å². The number of fused-ring (bicyclic) bond motifs is 1. The van der Waals surface area contributed by atoms with E-state index in [1.165, 1.54) is 10.9 Å². The Morgan fingerprint density at radius 1 is 1.36 bits per heavy atom. The van der Waals surface area contributed by atoms with E-state index in [1.807, 2.05) is 30.5 Å². The third-order valence-electron chi connectivity index (χ3n) is 2.13. The van der Waals surface area contributed by atoms with E-state index in [2.05, 4.69) is 29.4 Å². The molecule has 1 nitrogen and oxygen atoms in total. The third kappa shape index (κ3) is 1.73. The summed E-state index contributed by atoms with van der Waals surface area (Å²) in [6.45, 7) is 3.54. The maximum atomic E-state index is 4.37. The molecule has 0 saturated heterocycles. The fraction of sp³-hybridized carbons (Fsp3) is 0.0769. The molecular weight excluding hydrogens is 170 g/mol. The van der Waals surface area contributed by atoms with Gasteiger partial charge in [-0.05, 0) is 30.2 Å². The average Bonchev–Trinajstić information content (AvgIpc) is 2.26. The second-order valence-corrected chi connectivity index (χ2v) is 3.15. The zero-order chi connectivity index (χ0) is 9.80. The minimum absolute atomic E-state index is 0.849. The van der Waals surface area contributed by atoms with Crippen LogP contribution in [0.15, 0.2) is 54.9 Å². The van der Waals surface area contributed by atoms with E-state index in [0.717, 1.165) is 11.9 Å². The summed E-state index contributed by atoms with van der Waals surface area (Å²) in [5.74, 6) is 0. The van der Waals surface area contributed by atoms with Gasteiger partial charge in [-0.15, -0.1) is 5.73 Å². The van der Waals surface area contributed by atoms with Gasteiger partial charge in [0.2, 0.25) is 0 Å². The summed E-state index contributed by atoms with van der Waals surface area (Å²) in [6.07, 6.45) is 4.66. The highest BCUT2D eigenvalue weighted by atomic mass is 14.6. The number of hydrogen-bond donors (Lipinski definition) is 0. The van der Waals surface area contributed by atoms with Crippen LogP contribution in [-0.4, -0.2) is 4.98 Å². The molecule has 68 valence electrons. The summed E-state index contributed by atoms with van der Waals surface area (Å²) in [7, 11) is 0. The first-order valence-corrected chi connectivity index (χ1v) is 4.58. The van der Waals surface area contributed by atoms with Gasteiger partial charge in [0.05, 0.1) is 5.52 Å². The molecule has 0 unspecified atom stereocenters. The number of benzene rings is 1. The first kappa shape index (κ1) is 8.74. The molecule has 0 bridgehead atoms. The monoisotopic (exact) mass is 181 g/mol. The largest absolute Gasteiger partial charge is 0.256 e. The van der Waals surface area contributed by atoms with Gasteiger partial charge in [-0.2, -0.15) is 0 Å². The summed E-state index contributed by atoms with van der Waals surface area (Å²) in [5.41, 5.74) is 5.00. The van der Waals surface area contributed by atoms with Crippen molar-refractivity contribution < 1.29 is 0 Å². The Labute approximate surface area is 83.4 Å². The molecule has 1 aromatic heterocycles. The Balaban J connectivity index is 2.45. The molecule has 1 heteroatoms. The van der Waals surface area contributed by atoms with Gasteiger partial charge < -0.3 is 0 Å². The molecule has 0 aliphatic rings. The highest BCUT2D eigenvalue weighted by Crippen LogP contribution is 2.12. The van der Waals surface area contributed by atoms with Gasteiger partial charge in [0, 0.05) is 11.6 Å². The van der Waals surface area contributed by atoms with Crippen LogP contribution in [0.1, 0.15) is 5.56 Å². The Morgan fingerprint density at radius 2 is 2.21 bits per heavy atom. The van der Waals surface area contributed by atoms with Crippen LogP contribution in [0, 0.1) is 0 Å². The zero-order valence-electron chi connectivity index (χ0n) is 7.90. The highest BCUT2D eigenvalue weighted by Gasteiger charge is 1.94. The van der Waals surface area contributed by atoms with Crippen molar-refractivity contribution in [2.45, 2.75) is 6.42 Å². The zero-order valence-corrected chi connectivity index (χ0v) is 7.90. The minimum atomic E-state index is 0.849. The standard InChI is InChI=1S/C13H11N/c1-2-3-6-11-9-12-7-4-5-8-13(12)14-10-11/h3-5,7-10H,1,6H2. The molecule has 0 atom stereocenters. The van der Waals surface area contributed by atoms with Crippen LogP contribution in [0.5, 0.6) is 0 Å². The van der Waals surface area contributed by atoms with Crippen LogP contribution in [0.3, 0.4) is 0 Å². The number of rotatable bonds is 2. The highest BCUT2D eigenvalue weighted by molar-refractivity contribution is 5.78. The first-order chi connectivity index (χ1) is 6.90. The molecule has 0 fully saturated rings. The Kier molecular flexibility index (Phi) is 2.44. The lowest BCUT2D eigenvalue weighted by molar-refractivity contribution is 1.23. The molecule has 1 heterocycles. The number of aromatic nitrogens is 1. The second kappa shape index (κ2) is 3.91. The Morgan fingerprint density at radius 3 is 3.07 bits per heavy atom. The summed E-state index contributed by atoms with van der Waals surface area (Å²) < 4.78 is 0. The fourth-order valence-electron chi connectivity index (χ4n) is 1.42. The predicted octanol–water partition coefficient (Wildman–Crippen LogP) is 3.12. The maximum Gasteiger partial charge on any atom is 0.0702 e. The molecule has 14 heavy (non-hydrogen) atoms. The van der Waals surface area contributed by atoms with Crippen LogP contribution >= 0.6 is 0 Å². The SMILES string of the molecule is C=C=CCc1cnc2ccccc2c1. The lowest BCUT2D eigenvalue weighted by Gasteiger charge is -1.99. The molecule has 2 rings (SSSR count). The smallest absolute Gasteiger partial charge is 0.0702 e. The molecule has 0 spiro atoms. The van der Waals surface area contributed by atoms with Crippen molar-refractivity contribution in [1.82, 2.24) is 4.98 Å². The van der Waals surface area contributed by atoms with Crippen molar-refractivity contribution >= 4 is 10.9 Å². The summed E-state index contributed by atoms with van der Waals surface area (Å²) in [4.78, 5) is 4.37. The van der Waals surface area contributed by atoms with Crippen molar-refractivity contribution in [2.75, 3.05) is 0 Å². The minimum Gasteiger partial charge on any atom is -0.256 e. The molecule has 2 aromatic rings. The number of para-hydroxylation sites is 1. The van der Waals surface area contributed by atoms with Crippen molar-refractivity contribution in [1.29, 1.82) is 0 Å². The van der Waals surface area contributed by atoms with Crippen LogP contribution in [0.4, 0.5) is 0 Å². The van der Waals surface area contributed by atoms with E-state index >= 15 is 0 Å². The number of allylic oxidation sites excluding steroid dienone is 1. The topological polar surface area (TPSA) is 12.9 Å². The Hall–Kier alpha value is -1.85. The van der Waals surface area contributed by atoms with Crippen LogP contribution in [-0.2, 0) is 6.42 Å². The van der Waals surface area contributed by atoms with E-state index in [1.54, 1.807) is 0 Å². The maximum absolute atomic E-state index is 4.37. The lowest BCUT2D eigenvalue weighted by Crippen LogP contribution is -1.84. The van der Waals surface area contributed by atoms with Crippen LogP contribution in [0.2, 0.25) is 0 Å². The van der Waals surface area contributed by atoms with Crippen molar-refractivity contribution in [3.63, 3.8) is 0 Å². The van der Waals surface area contributed by atoms with Gasteiger partial charge in [0.15, 0.2) is 0 Å². The first-order valence-electron chi connectivity index (χ1n) is 4.58. The van der Waals surface area contributed by atoms with Gasteiger partial charge >= 0.3 is 0 Å². The molecule has 0 saturated carbocycles. The Bertz CT molecular complexity index is 493. The van der Waals surface area contributed by atoms with Crippen molar-refractivity contribution in [3.05, 3.63) is 60.5 Å². The molecule has 0 radical (unpaired) electrons. The third-order valence-corrected chi connectivity index (χ3v) is 2.13. The normalized spacial score (nSPS) is 9.71. The second-order valence-electron chi connectivity index (χ2n) is 3.15. The molecule has 1 aromatic carbocycles. The molecule has 0 aliphatic carbocycles. The van der Waals surface area contributed by atoms with E-state index < -0.39 is 0 Å². The van der Waals surface area contributed by atoms with Gasteiger partial charge in [-0.1, -0.05) is 24.8 Å². The average molecular weight is 181 g/mol. The van der Waals surface area contributed by atoms with Gasteiger partial charge in [0.1, 0.15) is 0 Å². The van der Waals surface area contributed by atoms with Crippen molar-refractivity contribution in [2.24, 2.45) is 0 Å². The van der Waals surface area contributed by atoms with Crippen LogP contribution < -0.4 is 0 Å². The van der Waals surface area contributed by atoms with Gasteiger partial charge in [-0.3, -0.25) is 4.98 Å². The summed E-state index contributed by atoms with van der Waals surface area (Å²) >= 11 is 0. The summed E-state index contributed by atoms with van der Waals surface area (Å²) in [6, 6.07) is 10.3. The van der Waals surface area contributed by atoms with E-state index in [0.29, 0.717) is 0 Å². The predicted molar refractivity (Wildman–Crippen MR) is 59.2 cm³/mol. The fourth-order valence-corrected chi connectivity index (χ4v) is 1.42. The summed E-state index contributed by atoms with van der Waals surface area (Å²) in [5, 5.41) is 1.18. The molecule has 0 aliphatic heterocycles. The van der Waals surface area contributed by atoms with E-state index in [4.69, 9.17) is 0 Å². The lowest BCUT2D eigenvalue weighted by atomic mass is 10.1. The van der Waals surface area contributed by atoms with Crippen molar-refractivity contribution in [3.8, 4) is 0 Å². The number of pyridine rings is 1. The van der Waals surface area contributed by atoms with Gasteiger partial charge in [-0.25, -0.2) is 0 Å². The molecule has 0 amide bonds. The quantitative estimate of drug-likeness (QED) is 0.649. The molecular formula is C13H11N.